The fraction of sp³-hybridized carbons (Fsp3) is 0.778. The zero-order chi connectivity index (χ0) is 9.14. The van der Waals surface area contributed by atoms with Gasteiger partial charge in [0, 0.05) is 27.5 Å². The quantitative estimate of drug-likeness (QED) is 0.696. The Balaban J connectivity index is 2.44. The maximum Gasteiger partial charge on any atom is 0.0350 e. The predicted molar refractivity (Wildman–Crippen MR) is 60.9 cm³/mol. The molecule has 3 heteroatoms. The molecule has 1 aliphatic heterocycles. The normalized spacial score (nSPS) is 39.1. The van der Waals surface area contributed by atoms with Crippen molar-refractivity contribution >= 4 is 23.5 Å². The molecular weight excluding hydrogens is 186 g/mol. The SMILES string of the molecule is C=CC(N)C1CSC(C)C(C)S1. The van der Waals surface area contributed by atoms with Crippen molar-refractivity contribution in [2.24, 2.45) is 5.73 Å². The van der Waals surface area contributed by atoms with Crippen molar-refractivity contribution in [3.8, 4) is 0 Å². The van der Waals surface area contributed by atoms with Crippen LogP contribution in [0.5, 0.6) is 0 Å². The number of hydrogen-bond acceptors (Lipinski definition) is 3. The summed E-state index contributed by atoms with van der Waals surface area (Å²) in [6, 6.07) is 0.164. The van der Waals surface area contributed by atoms with E-state index < -0.39 is 0 Å². The zero-order valence-corrected chi connectivity index (χ0v) is 9.33. The molecule has 1 saturated heterocycles. The summed E-state index contributed by atoms with van der Waals surface area (Å²) < 4.78 is 0. The summed E-state index contributed by atoms with van der Waals surface area (Å²) in [5.41, 5.74) is 5.90. The molecule has 0 radical (unpaired) electrons. The smallest absolute Gasteiger partial charge is 0.0350 e. The van der Waals surface area contributed by atoms with Crippen LogP contribution in [0.2, 0.25) is 0 Å². The number of rotatable bonds is 2. The summed E-state index contributed by atoms with van der Waals surface area (Å²) in [7, 11) is 0. The van der Waals surface area contributed by atoms with Gasteiger partial charge in [-0.15, -0.1) is 6.58 Å². The lowest BCUT2D eigenvalue weighted by atomic mass is 10.2. The predicted octanol–water partition coefficient (Wildman–Crippen LogP) is 2.13. The summed E-state index contributed by atoms with van der Waals surface area (Å²) in [5.74, 6) is 1.17. The number of thioether (sulfide) groups is 2. The van der Waals surface area contributed by atoms with E-state index in [0.29, 0.717) is 5.25 Å². The molecule has 1 nitrogen and oxygen atoms in total. The van der Waals surface area contributed by atoms with E-state index in [4.69, 9.17) is 5.73 Å². The molecule has 0 aromatic rings. The lowest BCUT2D eigenvalue weighted by Crippen LogP contribution is -2.38. The van der Waals surface area contributed by atoms with Gasteiger partial charge in [-0.05, 0) is 0 Å². The van der Waals surface area contributed by atoms with Gasteiger partial charge in [0.25, 0.3) is 0 Å². The Morgan fingerprint density at radius 3 is 2.67 bits per heavy atom. The minimum absolute atomic E-state index is 0.164. The third kappa shape index (κ3) is 2.44. The first-order valence-electron chi connectivity index (χ1n) is 4.30. The first-order valence-corrected chi connectivity index (χ1v) is 6.29. The van der Waals surface area contributed by atoms with Crippen LogP contribution in [-0.4, -0.2) is 27.5 Å². The van der Waals surface area contributed by atoms with E-state index in [9.17, 15) is 0 Å². The van der Waals surface area contributed by atoms with Crippen molar-refractivity contribution in [1.82, 2.24) is 0 Å². The Morgan fingerprint density at radius 2 is 2.17 bits per heavy atom. The van der Waals surface area contributed by atoms with Gasteiger partial charge < -0.3 is 5.73 Å². The first kappa shape index (κ1) is 10.5. The molecule has 0 bridgehead atoms. The number of nitrogens with two attached hydrogens (primary N) is 1. The van der Waals surface area contributed by atoms with E-state index in [1.807, 2.05) is 29.6 Å². The molecule has 0 aromatic carbocycles. The Kier molecular flexibility index (Phi) is 4.00. The molecule has 12 heavy (non-hydrogen) atoms. The van der Waals surface area contributed by atoms with Crippen molar-refractivity contribution < 1.29 is 0 Å². The van der Waals surface area contributed by atoms with Crippen molar-refractivity contribution in [2.45, 2.75) is 35.6 Å². The number of hydrogen-bond donors (Lipinski definition) is 1. The average molecular weight is 203 g/mol. The highest BCUT2D eigenvalue weighted by Crippen LogP contribution is 2.36. The van der Waals surface area contributed by atoms with Crippen LogP contribution in [0.15, 0.2) is 12.7 Å². The van der Waals surface area contributed by atoms with Crippen molar-refractivity contribution in [2.75, 3.05) is 5.75 Å². The summed E-state index contributed by atoms with van der Waals surface area (Å²) in [6.45, 7) is 8.30. The Morgan fingerprint density at radius 1 is 1.50 bits per heavy atom. The van der Waals surface area contributed by atoms with E-state index in [1.165, 1.54) is 5.75 Å². The van der Waals surface area contributed by atoms with Crippen LogP contribution < -0.4 is 5.73 Å². The maximum absolute atomic E-state index is 5.90. The minimum Gasteiger partial charge on any atom is -0.324 e. The molecule has 2 N–H and O–H groups in total. The molecule has 1 fully saturated rings. The van der Waals surface area contributed by atoms with Crippen molar-refractivity contribution in [3.63, 3.8) is 0 Å². The van der Waals surface area contributed by atoms with Crippen LogP contribution in [0.3, 0.4) is 0 Å². The molecule has 0 aromatic heterocycles. The Labute approximate surface area is 83.5 Å². The first-order chi connectivity index (χ1) is 5.65. The second-order valence-corrected chi connectivity index (χ2v) is 6.26. The molecule has 1 rings (SSSR count). The Bertz CT molecular complexity index is 161. The average Bonchev–Trinajstić information content (AvgIpc) is 2.08. The molecule has 0 aliphatic carbocycles. The molecule has 4 unspecified atom stereocenters. The summed E-state index contributed by atoms with van der Waals surface area (Å²) in [5, 5.41) is 2.06. The van der Waals surface area contributed by atoms with E-state index in [-0.39, 0.29) is 6.04 Å². The van der Waals surface area contributed by atoms with Gasteiger partial charge in [-0.3, -0.25) is 0 Å². The van der Waals surface area contributed by atoms with E-state index in [1.54, 1.807) is 0 Å². The monoisotopic (exact) mass is 203 g/mol. The second-order valence-electron chi connectivity index (χ2n) is 3.23. The molecule has 70 valence electrons. The van der Waals surface area contributed by atoms with Crippen LogP contribution in [0.1, 0.15) is 13.8 Å². The minimum atomic E-state index is 0.164. The maximum atomic E-state index is 5.90. The van der Waals surface area contributed by atoms with Crippen molar-refractivity contribution in [1.29, 1.82) is 0 Å². The summed E-state index contributed by atoms with van der Waals surface area (Å²) in [6.07, 6.45) is 1.86. The van der Waals surface area contributed by atoms with E-state index in [2.05, 4.69) is 20.4 Å². The van der Waals surface area contributed by atoms with Gasteiger partial charge >= 0.3 is 0 Å². The molecule has 4 atom stereocenters. The van der Waals surface area contributed by atoms with Crippen LogP contribution in [0.25, 0.3) is 0 Å². The lowest BCUT2D eigenvalue weighted by Gasteiger charge is -2.33. The molecule has 1 aliphatic rings. The van der Waals surface area contributed by atoms with Gasteiger partial charge in [-0.25, -0.2) is 0 Å². The highest BCUT2D eigenvalue weighted by Gasteiger charge is 2.28. The standard InChI is InChI=1S/C9H17NS2/c1-4-8(10)9-5-11-6(2)7(3)12-9/h4,6-9H,1,5,10H2,2-3H3. The van der Waals surface area contributed by atoms with Gasteiger partial charge in [0.15, 0.2) is 0 Å². The van der Waals surface area contributed by atoms with Gasteiger partial charge in [0.05, 0.1) is 0 Å². The topological polar surface area (TPSA) is 26.0 Å². The zero-order valence-electron chi connectivity index (χ0n) is 7.69. The summed E-state index contributed by atoms with van der Waals surface area (Å²) in [4.78, 5) is 0. The van der Waals surface area contributed by atoms with E-state index >= 15 is 0 Å². The fourth-order valence-electron chi connectivity index (χ4n) is 1.16. The highest BCUT2D eigenvalue weighted by atomic mass is 32.2. The van der Waals surface area contributed by atoms with Gasteiger partial charge in [0.2, 0.25) is 0 Å². The molecular formula is C9H17NS2. The van der Waals surface area contributed by atoms with Gasteiger partial charge in [-0.2, -0.15) is 23.5 Å². The van der Waals surface area contributed by atoms with Gasteiger partial charge in [0.1, 0.15) is 0 Å². The van der Waals surface area contributed by atoms with E-state index in [0.717, 1.165) is 10.5 Å². The third-order valence-electron chi connectivity index (χ3n) is 2.28. The van der Waals surface area contributed by atoms with Gasteiger partial charge in [-0.1, -0.05) is 19.9 Å². The molecule has 0 saturated carbocycles. The van der Waals surface area contributed by atoms with Crippen LogP contribution in [0.4, 0.5) is 0 Å². The lowest BCUT2D eigenvalue weighted by molar-refractivity contribution is 0.782. The van der Waals surface area contributed by atoms with Crippen molar-refractivity contribution in [3.05, 3.63) is 12.7 Å². The molecule has 0 amide bonds. The second kappa shape index (κ2) is 4.58. The third-order valence-corrected chi connectivity index (χ3v) is 5.81. The highest BCUT2D eigenvalue weighted by molar-refractivity contribution is 8.07. The Hall–Kier alpha value is 0.400. The summed E-state index contributed by atoms with van der Waals surface area (Å²) >= 11 is 4.04. The largest absolute Gasteiger partial charge is 0.324 e. The molecule has 0 spiro atoms. The molecule has 1 heterocycles. The van der Waals surface area contributed by atoms with Crippen LogP contribution >= 0.6 is 23.5 Å². The van der Waals surface area contributed by atoms with Crippen LogP contribution in [0, 0.1) is 0 Å². The fourth-order valence-corrected chi connectivity index (χ4v) is 4.19. The van der Waals surface area contributed by atoms with Crippen LogP contribution in [-0.2, 0) is 0 Å².